The van der Waals surface area contributed by atoms with Crippen LogP contribution < -0.4 is 18.3 Å². The summed E-state index contributed by atoms with van der Waals surface area (Å²) in [6, 6.07) is 8.80. The molecule has 1 aromatic heterocycles. The van der Waals surface area contributed by atoms with Crippen LogP contribution in [0.25, 0.3) is 10.9 Å². The predicted molar refractivity (Wildman–Crippen MR) is 140 cm³/mol. The Morgan fingerprint density at radius 3 is 2.50 bits per heavy atom. The van der Waals surface area contributed by atoms with Gasteiger partial charge >= 0.3 is 203 Å². The molecule has 10 heteroatoms. The Morgan fingerprint density at radius 2 is 1.78 bits per heavy atom. The number of fused-ring (bicyclic) bond motifs is 1. The molecule has 190 valence electrons. The molecule has 2 aromatic carbocycles. The molecule has 2 aliphatic heterocycles. The quantitative estimate of drug-likeness (QED) is 0.438. The Morgan fingerprint density at radius 1 is 1.03 bits per heavy atom. The van der Waals surface area contributed by atoms with Gasteiger partial charge in [0.2, 0.25) is 0 Å². The van der Waals surface area contributed by atoms with Crippen molar-refractivity contribution in [1.29, 1.82) is 0 Å². The number of amides is 2. The molecule has 0 spiro atoms. The standard InChI is InChI=1S/C26H29AsClFN4O3/c1-35-23-15-22-19(25(31-16-30-22)27-17-5-6-21(29)20(28)13-17)14-24(23)36-18-7-11-33(12-8-18)26(34)32-9-3-2-4-10-32/h5-6,13-16,18,27H,2-4,7-12H2,1H3. The molecule has 0 saturated carbocycles. The van der Waals surface area contributed by atoms with Gasteiger partial charge in [-0.05, 0) is 19.3 Å². The Kier molecular flexibility index (Phi) is 7.82. The topological polar surface area (TPSA) is 67.8 Å². The molecule has 1 unspecified atom stereocenters. The van der Waals surface area contributed by atoms with Gasteiger partial charge < -0.3 is 0 Å². The zero-order chi connectivity index (χ0) is 25.1. The summed E-state index contributed by atoms with van der Waals surface area (Å²) in [6.45, 7) is 3.09. The molecule has 36 heavy (non-hydrogen) atoms. The fourth-order valence-electron chi connectivity index (χ4n) is 4.76. The van der Waals surface area contributed by atoms with Crippen LogP contribution in [0.5, 0.6) is 11.5 Å². The summed E-state index contributed by atoms with van der Waals surface area (Å²) in [5.41, 5.74) is 0.767. The van der Waals surface area contributed by atoms with E-state index in [2.05, 4.69) is 9.97 Å². The number of halogens is 2. The van der Waals surface area contributed by atoms with E-state index in [9.17, 15) is 9.18 Å². The Hall–Kier alpha value is -2.57. The van der Waals surface area contributed by atoms with Gasteiger partial charge in [0.15, 0.2) is 0 Å². The average Bonchev–Trinajstić information content (AvgIpc) is 2.91. The molecule has 3 heterocycles. The van der Waals surface area contributed by atoms with E-state index < -0.39 is 21.6 Å². The van der Waals surface area contributed by atoms with Crippen molar-refractivity contribution in [3.63, 3.8) is 0 Å². The Balaban J connectivity index is 1.31. The molecule has 0 aliphatic carbocycles. The number of urea groups is 1. The first-order chi connectivity index (χ1) is 17.5. The van der Waals surface area contributed by atoms with E-state index in [1.807, 2.05) is 21.9 Å². The van der Waals surface area contributed by atoms with Gasteiger partial charge in [-0.15, -0.1) is 0 Å². The summed E-state index contributed by atoms with van der Waals surface area (Å²) in [4.78, 5) is 25.7. The second kappa shape index (κ2) is 11.2. The second-order valence-corrected chi connectivity index (χ2v) is 12.3. The van der Waals surface area contributed by atoms with E-state index in [1.54, 1.807) is 25.6 Å². The van der Waals surface area contributed by atoms with Gasteiger partial charge in [0, 0.05) is 0 Å². The molecule has 5 rings (SSSR count). The van der Waals surface area contributed by atoms with Crippen molar-refractivity contribution in [2.24, 2.45) is 0 Å². The van der Waals surface area contributed by atoms with Crippen LogP contribution >= 0.6 is 11.6 Å². The van der Waals surface area contributed by atoms with Crippen molar-refractivity contribution in [1.82, 2.24) is 19.8 Å². The minimum atomic E-state index is -0.882. The molecule has 2 amide bonds. The van der Waals surface area contributed by atoms with Crippen LogP contribution in [-0.2, 0) is 0 Å². The molecule has 3 aromatic rings. The number of carbonyl (C=O) groups is 1. The molecule has 0 bridgehead atoms. The number of hydrogen-bond donors (Lipinski definition) is 0. The van der Waals surface area contributed by atoms with Crippen molar-refractivity contribution in [2.75, 3.05) is 33.3 Å². The Labute approximate surface area is 221 Å². The maximum absolute atomic E-state index is 13.6. The number of rotatable bonds is 5. The van der Waals surface area contributed by atoms with Crippen LogP contribution in [0, 0.1) is 5.82 Å². The first-order valence-electron chi connectivity index (χ1n) is 12.3. The minimum absolute atomic E-state index is 0.0123. The van der Waals surface area contributed by atoms with Crippen molar-refractivity contribution >= 4 is 53.1 Å². The fourth-order valence-corrected chi connectivity index (χ4v) is 7.46. The zero-order valence-corrected chi connectivity index (χ0v) is 23.0. The first-order valence-corrected chi connectivity index (χ1v) is 14.7. The molecule has 2 fully saturated rings. The first kappa shape index (κ1) is 25.1. The maximum atomic E-state index is 13.6. The summed E-state index contributed by atoms with van der Waals surface area (Å²) in [7, 11) is 1.62. The van der Waals surface area contributed by atoms with Gasteiger partial charge in [0.1, 0.15) is 0 Å². The number of piperidine rings is 2. The summed E-state index contributed by atoms with van der Waals surface area (Å²) in [5, 5.41) is 1.01. The van der Waals surface area contributed by atoms with Crippen LogP contribution in [0.3, 0.4) is 0 Å². The van der Waals surface area contributed by atoms with Crippen molar-refractivity contribution in [3.8, 4) is 11.5 Å². The van der Waals surface area contributed by atoms with Crippen LogP contribution in [0.1, 0.15) is 32.1 Å². The molecule has 1 atom stereocenters. The van der Waals surface area contributed by atoms with E-state index in [1.165, 1.54) is 12.5 Å². The van der Waals surface area contributed by atoms with E-state index in [-0.39, 0.29) is 17.2 Å². The molecular formula is C26H29AsClFN4O3. The number of hydrogen-bond acceptors (Lipinski definition) is 5. The van der Waals surface area contributed by atoms with E-state index in [4.69, 9.17) is 21.1 Å². The summed E-state index contributed by atoms with van der Waals surface area (Å²) in [6.07, 6.45) is 6.45. The zero-order valence-electron chi connectivity index (χ0n) is 20.2. The van der Waals surface area contributed by atoms with Crippen molar-refractivity contribution in [3.05, 3.63) is 47.5 Å². The number of nitrogens with zero attached hydrogens (tertiary/aromatic N) is 4. The molecule has 2 aliphatic rings. The molecular weight excluding hydrogens is 546 g/mol. The Bertz CT molecular complexity index is 1250. The summed E-state index contributed by atoms with van der Waals surface area (Å²) in [5.74, 6) is 0.832. The van der Waals surface area contributed by atoms with Crippen LogP contribution in [0.15, 0.2) is 36.7 Å². The van der Waals surface area contributed by atoms with Gasteiger partial charge in [-0.1, -0.05) is 0 Å². The van der Waals surface area contributed by atoms with Crippen molar-refractivity contribution < 1.29 is 18.7 Å². The molecule has 0 N–H and O–H groups in total. The predicted octanol–water partition coefficient (Wildman–Crippen LogP) is 3.27. The van der Waals surface area contributed by atoms with Gasteiger partial charge in [-0.2, -0.15) is 0 Å². The monoisotopic (exact) mass is 574 g/mol. The summed E-state index contributed by atoms with van der Waals surface area (Å²) >= 11 is 5.11. The third-order valence-corrected chi connectivity index (χ3v) is 9.62. The number of carbonyl (C=O) groups excluding carboxylic acids is 1. The normalized spacial score (nSPS) is 17.2. The number of ether oxygens (including phenoxy) is 2. The van der Waals surface area contributed by atoms with Gasteiger partial charge in [0.05, 0.1) is 0 Å². The van der Waals surface area contributed by atoms with E-state index in [0.29, 0.717) is 24.6 Å². The molecule has 7 nitrogen and oxygen atoms in total. The number of aromatic nitrogens is 2. The number of benzene rings is 2. The summed E-state index contributed by atoms with van der Waals surface area (Å²) < 4.78 is 27.5. The molecule has 2 saturated heterocycles. The third kappa shape index (κ3) is 5.55. The van der Waals surface area contributed by atoms with Gasteiger partial charge in [0.25, 0.3) is 0 Å². The second-order valence-electron chi connectivity index (χ2n) is 9.13. The fraction of sp³-hybridized carbons (Fsp3) is 0.423. The van der Waals surface area contributed by atoms with E-state index >= 15 is 0 Å². The number of methoxy groups -OCH3 is 1. The van der Waals surface area contributed by atoms with Crippen LogP contribution in [-0.4, -0.2) is 80.9 Å². The van der Waals surface area contributed by atoms with E-state index in [0.717, 1.165) is 58.5 Å². The van der Waals surface area contributed by atoms with Gasteiger partial charge in [-0.25, -0.2) is 0 Å². The van der Waals surface area contributed by atoms with Crippen LogP contribution in [0.4, 0.5) is 9.18 Å². The van der Waals surface area contributed by atoms with Crippen LogP contribution in [0.2, 0.25) is 5.02 Å². The SMILES string of the molecule is COc1cc2ncnc([AsH]c3ccc(F)c(Cl)c3)c2cc1OC1CCN(C(=O)N2CCCCC2)CC1. The number of likely N-dealkylation sites (tertiary alicyclic amines) is 2. The third-order valence-electron chi connectivity index (χ3n) is 6.74. The van der Waals surface area contributed by atoms with Crippen molar-refractivity contribution in [2.45, 2.75) is 38.2 Å². The van der Waals surface area contributed by atoms with Gasteiger partial charge in [-0.3, -0.25) is 0 Å². The average molecular weight is 575 g/mol. The molecule has 0 radical (unpaired) electrons.